The number of rotatable bonds is 6. The maximum atomic E-state index is 13.1. The molecule has 0 aliphatic rings. The van der Waals surface area contributed by atoms with Crippen LogP contribution in [0, 0.1) is 6.92 Å². The third-order valence-corrected chi connectivity index (χ3v) is 5.74. The van der Waals surface area contributed by atoms with Crippen LogP contribution < -0.4 is 10.2 Å². The molecule has 4 aromatic rings. The average Bonchev–Trinajstić information content (AvgIpc) is 2.87. The molecular weight excluding hydrogens is 477 g/mol. The molecule has 1 heterocycles. The first-order valence-corrected chi connectivity index (χ1v) is 11.5. The fraction of sp³-hybridized carbons (Fsp3) is 0.138. The van der Waals surface area contributed by atoms with Crippen LogP contribution in [0.3, 0.4) is 0 Å². The Labute approximate surface area is 213 Å². The van der Waals surface area contributed by atoms with E-state index in [4.69, 9.17) is 0 Å². The van der Waals surface area contributed by atoms with Crippen LogP contribution in [0.2, 0.25) is 0 Å². The molecule has 0 fully saturated rings. The predicted octanol–water partition coefficient (Wildman–Crippen LogP) is 6.65. The second-order valence-corrected chi connectivity index (χ2v) is 8.67. The molecule has 0 saturated heterocycles. The van der Waals surface area contributed by atoms with Crippen LogP contribution in [-0.4, -0.2) is 30.2 Å². The molecule has 0 radical (unpaired) electrons. The number of hydrogen-bond acceptors (Lipinski definition) is 4. The van der Waals surface area contributed by atoms with Crippen LogP contribution >= 0.6 is 0 Å². The molecule has 0 saturated carbocycles. The number of carbonyl (C=O) groups is 1. The molecule has 0 aliphatic carbocycles. The monoisotopic (exact) mass is 502 g/mol. The third kappa shape index (κ3) is 6.22. The predicted molar refractivity (Wildman–Crippen MR) is 141 cm³/mol. The van der Waals surface area contributed by atoms with Gasteiger partial charge in [0.1, 0.15) is 0 Å². The Bertz CT molecular complexity index is 1470. The minimum Gasteiger partial charge on any atom is -0.378 e. The maximum absolute atomic E-state index is 13.1. The molecule has 0 bridgehead atoms. The van der Waals surface area contributed by atoms with Crippen molar-refractivity contribution in [3.8, 4) is 0 Å². The molecule has 4 rings (SSSR count). The summed E-state index contributed by atoms with van der Waals surface area (Å²) in [6.45, 7) is 1.82. The Morgan fingerprint density at radius 2 is 1.57 bits per heavy atom. The zero-order valence-corrected chi connectivity index (χ0v) is 20.5. The first-order chi connectivity index (χ1) is 17.6. The molecule has 0 unspecified atom stereocenters. The number of nitrogens with one attached hydrogen (secondary N) is 1. The standard InChI is InChI=1S/C29H25F3N4O/c1-19-18-25-26(7-5-8-27(25)35-34-19)33-28(37)9-4-6-24(21-12-16-23(17-13-21)36(2)3)20-10-14-22(15-11-20)29(30,31)32/h4-18H,1-3H3,(H,33,37)/b9-4+,24-6-. The van der Waals surface area contributed by atoms with Gasteiger partial charge in [-0.1, -0.05) is 42.5 Å². The molecule has 0 spiro atoms. The molecule has 5 nitrogen and oxygen atoms in total. The molecule has 37 heavy (non-hydrogen) atoms. The van der Waals surface area contributed by atoms with E-state index in [9.17, 15) is 18.0 Å². The van der Waals surface area contributed by atoms with Crippen LogP contribution in [0.5, 0.6) is 0 Å². The van der Waals surface area contributed by atoms with Crippen LogP contribution in [0.25, 0.3) is 16.5 Å². The Balaban J connectivity index is 1.63. The lowest BCUT2D eigenvalue weighted by Gasteiger charge is -2.14. The average molecular weight is 503 g/mol. The Hall–Kier alpha value is -4.46. The van der Waals surface area contributed by atoms with Crippen molar-refractivity contribution in [2.75, 3.05) is 24.3 Å². The molecule has 1 aromatic heterocycles. The van der Waals surface area contributed by atoms with Gasteiger partial charge in [-0.25, -0.2) is 0 Å². The zero-order valence-electron chi connectivity index (χ0n) is 20.5. The highest BCUT2D eigenvalue weighted by atomic mass is 19.4. The van der Waals surface area contributed by atoms with Crippen molar-refractivity contribution in [3.63, 3.8) is 0 Å². The molecule has 0 atom stereocenters. The van der Waals surface area contributed by atoms with E-state index in [0.29, 0.717) is 22.3 Å². The first kappa shape index (κ1) is 25.6. The van der Waals surface area contributed by atoms with E-state index in [-0.39, 0.29) is 5.91 Å². The van der Waals surface area contributed by atoms with Gasteiger partial charge >= 0.3 is 6.18 Å². The van der Waals surface area contributed by atoms with Crippen molar-refractivity contribution in [1.29, 1.82) is 0 Å². The Kier molecular flexibility index (Phi) is 7.38. The van der Waals surface area contributed by atoms with Gasteiger partial charge in [-0.3, -0.25) is 4.79 Å². The van der Waals surface area contributed by atoms with Gasteiger partial charge in [-0.15, -0.1) is 0 Å². The second kappa shape index (κ2) is 10.7. The quantitative estimate of drug-likeness (QED) is 0.237. The van der Waals surface area contributed by atoms with Crippen molar-refractivity contribution in [3.05, 3.63) is 113 Å². The van der Waals surface area contributed by atoms with E-state index < -0.39 is 11.7 Å². The number of nitrogens with zero attached hydrogens (tertiary/aromatic N) is 3. The number of halogens is 3. The number of hydrogen-bond donors (Lipinski definition) is 1. The lowest BCUT2D eigenvalue weighted by Crippen LogP contribution is -2.08. The van der Waals surface area contributed by atoms with Crippen molar-refractivity contribution in [1.82, 2.24) is 10.2 Å². The number of carbonyl (C=O) groups excluding carboxylic acids is 1. The summed E-state index contributed by atoms with van der Waals surface area (Å²) in [5.41, 5.74) is 4.35. The Morgan fingerprint density at radius 1 is 0.919 bits per heavy atom. The molecule has 3 aromatic carbocycles. The van der Waals surface area contributed by atoms with E-state index >= 15 is 0 Å². The van der Waals surface area contributed by atoms with Crippen LogP contribution in [0.4, 0.5) is 24.5 Å². The van der Waals surface area contributed by atoms with Crippen molar-refractivity contribution in [2.45, 2.75) is 13.1 Å². The molecular formula is C29H25F3N4O. The van der Waals surface area contributed by atoms with Gasteiger partial charge in [0, 0.05) is 31.2 Å². The number of anilines is 2. The number of allylic oxidation sites excluding steroid dienone is 2. The number of fused-ring (bicyclic) bond motifs is 1. The van der Waals surface area contributed by atoms with Crippen molar-refractivity contribution < 1.29 is 18.0 Å². The molecule has 1 N–H and O–H groups in total. The first-order valence-electron chi connectivity index (χ1n) is 11.5. The summed E-state index contributed by atoms with van der Waals surface area (Å²) in [6, 6.07) is 19.8. The van der Waals surface area contributed by atoms with Gasteiger partial charge in [0.15, 0.2) is 0 Å². The third-order valence-electron chi connectivity index (χ3n) is 5.74. The van der Waals surface area contributed by atoms with Crippen molar-refractivity contribution >= 4 is 33.8 Å². The summed E-state index contributed by atoms with van der Waals surface area (Å²) in [4.78, 5) is 14.6. The fourth-order valence-corrected chi connectivity index (χ4v) is 3.81. The number of alkyl halides is 3. The van der Waals surface area contributed by atoms with E-state index in [1.165, 1.54) is 18.2 Å². The summed E-state index contributed by atoms with van der Waals surface area (Å²) in [7, 11) is 3.85. The van der Waals surface area contributed by atoms with Gasteiger partial charge in [0.2, 0.25) is 5.91 Å². The van der Waals surface area contributed by atoms with Crippen molar-refractivity contribution in [2.24, 2.45) is 0 Å². The highest BCUT2D eigenvalue weighted by Crippen LogP contribution is 2.32. The van der Waals surface area contributed by atoms with E-state index in [0.717, 1.165) is 34.5 Å². The number of amides is 1. The van der Waals surface area contributed by atoms with E-state index in [1.54, 1.807) is 24.3 Å². The Morgan fingerprint density at radius 3 is 2.19 bits per heavy atom. The lowest BCUT2D eigenvalue weighted by atomic mass is 9.96. The van der Waals surface area contributed by atoms with Gasteiger partial charge in [0.25, 0.3) is 0 Å². The van der Waals surface area contributed by atoms with Gasteiger partial charge < -0.3 is 10.2 Å². The summed E-state index contributed by atoms with van der Waals surface area (Å²) in [6.07, 6.45) is 0.252. The molecule has 0 aliphatic heterocycles. The highest BCUT2D eigenvalue weighted by molar-refractivity contribution is 6.05. The minimum absolute atomic E-state index is 0.354. The second-order valence-electron chi connectivity index (χ2n) is 8.67. The minimum atomic E-state index is -4.42. The molecule has 8 heteroatoms. The normalized spacial score (nSPS) is 12.2. The van der Waals surface area contributed by atoms with Crippen LogP contribution in [0.15, 0.2) is 91.0 Å². The zero-order chi connectivity index (χ0) is 26.6. The topological polar surface area (TPSA) is 58.1 Å². The maximum Gasteiger partial charge on any atom is 0.416 e. The van der Waals surface area contributed by atoms with E-state index in [2.05, 4.69) is 15.5 Å². The summed E-state index contributed by atoms with van der Waals surface area (Å²) in [5, 5.41) is 11.8. The molecule has 188 valence electrons. The van der Waals surface area contributed by atoms with Crippen LogP contribution in [-0.2, 0) is 11.0 Å². The smallest absolute Gasteiger partial charge is 0.378 e. The van der Waals surface area contributed by atoms with Gasteiger partial charge in [0.05, 0.1) is 22.5 Å². The van der Waals surface area contributed by atoms with Crippen LogP contribution in [0.1, 0.15) is 22.4 Å². The largest absolute Gasteiger partial charge is 0.416 e. The highest BCUT2D eigenvalue weighted by Gasteiger charge is 2.30. The fourth-order valence-electron chi connectivity index (χ4n) is 3.81. The summed E-state index contributed by atoms with van der Waals surface area (Å²) in [5.74, 6) is -0.354. The summed E-state index contributed by atoms with van der Waals surface area (Å²) >= 11 is 0. The lowest BCUT2D eigenvalue weighted by molar-refractivity contribution is -0.137. The van der Waals surface area contributed by atoms with Gasteiger partial charge in [-0.2, -0.15) is 23.4 Å². The molecule has 1 amide bonds. The number of aromatic nitrogens is 2. The van der Waals surface area contributed by atoms with Gasteiger partial charge in [-0.05, 0) is 66.1 Å². The SMILES string of the molecule is Cc1cc2c(NC(=O)/C=C/C=C(\c3ccc(N(C)C)cc3)c3ccc(C(F)(F)F)cc3)cccc2nn1. The number of benzene rings is 3. The van der Waals surface area contributed by atoms with E-state index in [1.807, 2.05) is 62.3 Å². The number of aryl methyl sites for hydroxylation is 1. The summed E-state index contributed by atoms with van der Waals surface area (Å²) < 4.78 is 39.2.